The van der Waals surface area contributed by atoms with Crippen molar-refractivity contribution in [3.05, 3.63) is 0 Å². The molecule has 0 rings (SSSR count). The molecule has 0 aromatic rings. The van der Waals surface area contributed by atoms with Gasteiger partial charge in [-0.1, -0.05) is 18.0 Å². The minimum absolute atomic E-state index is 0.513. The van der Waals surface area contributed by atoms with Crippen LogP contribution in [0.4, 0.5) is 0 Å². The molecule has 0 aliphatic heterocycles. The Kier molecular flexibility index (Phi) is 7.89. The summed E-state index contributed by atoms with van der Waals surface area (Å²) in [6, 6.07) is 0. The van der Waals surface area contributed by atoms with Gasteiger partial charge in [-0.3, -0.25) is 0 Å². The van der Waals surface area contributed by atoms with Crippen molar-refractivity contribution in [2.75, 3.05) is 0 Å². The van der Waals surface area contributed by atoms with E-state index in [2.05, 4.69) is 12.7 Å². The molecule has 0 unspecified atom stereocenters. The lowest BCUT2D eigenvalue weighted by Gasteiger charge is -2.03. The van der Waals surface area contributed by atoms with Crippen LogP contribution in [0.1, 0.15) is 6.92 Å². The minimum atomic E-state index is -0.740. The molecule has 0 heterocycles. The zero-order chi connectivity index (χ0) is 6.41. The largest absolute Gasteiger partial charge is 0.623 e. The van der Waals surface area contributed by atoms with Gasteiger partial charge in [-0.05, 0) is 0 Å². The maximum Gasteiger partial charge on any atom is 0.587 e. The SMILES string of the molecule is C[CH2][Al]([CH3])[O][AlH][O][AlH2]. The summed E-state index contributed by atoms with van der Waals surface area (Å²) in [5.74, 6) is 2.22. The van der Waals surface area contributed by atoms with Crippen LogP contribution >= 0.6 is 0 Å². The van der Waals surface area contributed by atoms with Crippen LogP contribution < -0.4 is 0 Å². The van der Waals surface area contributed by atoms with Crippen LogP contribution in [0.5, 0.6) is 0 Å². The number of hydrogen-bond acceptors (Lipinski definition) is 2. The van der Waals surface area contributed by atoms with E-state index in [0.29, 0.717) is 0 Å². The Morgan fingerprint density at radius 3 is 2.75 bits per heavy atom. The van der Waals surface area contributed by atoms with E-state index in [1.54, 1.807) is 0 Å². The van der Waals surface area contributed by atoms with Crippen LogP contribution in [0.15, 0.2) is 0 Å². The van der Waals surface area contributed by atoms with Crippen LogP contribution in [0, 0.1) is 0 Å². The lowest BCUT2D eigenvalue weighted by molar-refractivity contribution is 0.491. The van der Waals surface area contributed by atoms with Crippen molar-refractivity contribution >= 4 is 47.0 Å². The predicted molar refractivity (Wildman–Crippen MR) is 40.0 cm³/mol. The smallest absolute Gasteiger partial charge is 0.587 e. The van der Waals surface area contributed by atoms with E-state index in [9.17, 15) is 0 Å². The van der Waals surface area contributed by atoms with E-state index in [1.807, 2.05) is 0 Å². The summed E-state index contributed by atoms with van der Waals surface area (Å²) in [4.78, 5) is 0. The van der Waals surface area contributed by atoms with Gasteiger partial charge in [-0.25, -0.2) is 0 Å². The van der Waals surface area contributed by atoms with Gasteiger partial charge in [0.15, 0.2) is 0 Å². The minimum Gasteiger partial charge on any atom is -0.623 e. The maximum absolute atomic E-state index is 5.43. The molecule has 0 aromatic carbocycles. The fourth-order valence-electron chi connectivity index (χ4n) is 0.302. The summed E-state index contributed by atoms with van der Waals surface area (Å²) in [5, 5.41) is 1.23. The van der Waals surface area contributed by atoms with Gasteiger partial charge in [0, 0.05) is 0 Å². The van der Waals surface area contributed by atoms with E-state index < -0.39 is 30.4 Å². The van der Waals surface area contributed by atoms with Crippen LogP contribution in [0.25, 0.3) is 0 Å². The van der Waals surface area contributed by atoms with Gasteiger partial charge in [0.25, 0.3) is 0 Å². The molecule has 0 atom stereocenters. The third kappa shape index (κ3) is 5.65. The van der Waals surface area contributed by atoms with Crippen molar-refractivity contribution in [3.8, 4) is 0 Å². The quantitative estimate of drug-likeness (QED) is 0.515. The highest BCUT2D eigenvalue weighted by atomic mass is 27.3. The fourth-order valence-corrected chi connectivity index (χ4v) is 3.94. The first-order chi connectivity index (χ1) is 3.81. The Morgan fingerprint density at radius 1 is 1.75 bits per heavy atom. The lowest BCUT2D eigenvalue weighted by atomic mass is 11.0. The Hall–Kier alpha value is 1.52. The average Bonchev–Trinajstić information content (AvgIpc) is 1.83. The normalized spacial score (nSPS) is 8.75. The molecule has 0 aliphatic rings. The van der Waals surface area contributed by atoms with E-state index in [-0.39, 0.29) is 0 Å². The molecular weight excluding hydrogens is 149 g/mol. The Balaban J connectivity index is 2.86. The molecule has 8 heavy (non-hydrogen) atoms. The maximum atomic E-state index is 5.43. The summed E-state index contributed by atoms with van der Waals surface area (Å²) in [6.45, 7) is 2.18. The first-order valence-electron chi connectivity index (χ1n) is 2.91. The van der Waals surface area contributed by atoms with Crippen molar-refractivity contribution in [2.45, 2.75) is 18.0 Å². The van der Waals surface area contributed by atoms with Gasteiger partial charge in [0.1, 0.15) is 0 Å². The van der Waals surface area contributed by atoms with E-state index in [4.69, 9.17) is 5.68 Å². The molecule has 0 radical (unpaired) electrons. The van der Waals surface area contributed by atoms with Crippen molar-refractivity contribution < 1.29 is 5.68 Å². The highest BCUT2D eigenvalue weighted by Crippen LogP contribution is 1.89. The summed E-state index contributed by atoms with van der Waals surface area (Å²) in [6.07, 6.45) is 0. The fraction of sp³-hybridized carbons (Fsp3) is 1.00. The summed E-state index contributed by atoms with van der Waals surface area (Å²) in [5.41, 5.74) is 0. The monoisotopic (exact) mass is 160 g/mol. The molecule has 0 aromatic heterocycles. The molecule has 0 bridgehead atoms. The van der Waals surface area contributed by atoms with Gasteiger partial charge in [0.05, 0.1) is 0 Å². The second-order valence-corrected chi connectivity index (χ2v) is 8.11. The molecule has 0 amide bonds. The van der Waals surface area contributed by atoms with Gasteiger partial charge < -0.3 is 5.68 Å². The van der Waals surface area contributed by atoms with Crippen molar-refractivity contribution in [1.82, 2.24) is 0 Å². The first-order valence-corrected chi connectivity index (χ1v) is 7.33. The highest BCUT2D eigenvalue weighted by molar-refractivity contribution is 6.56. The average molecular weight is 160 g/mol. The topological polar surface area (TPSA) is 18.5 Å². The molecule has 0 saturated heterocycles. The molecule has 0 N–H and O–H groups in total. The molecule has 0 spiro atoms. The zero-order valence-electron chi connectivity index (χ0n) is 5.81. The van der Waals surface area contributed by atoms with Crippen molar-refractivity contribution in [1.29, 1.82) is 0 Å². The Labute approximate surface area is 70.4 Å². The molecule has 5 heteroatoms. The summed E-state index contributed by atoms with van der Waals surface area (Å²) < 4.78 is 10.4. The predicted octanol–water partition coefficient (Wildman–Crippen LogP) is -0.525. The molecule has 0 aliphatic carbocycles. The molecule has 0 saturated carbocycles. The molecule has 44 valence electrons. The number of rotatable bonds is 4. The zero-order valence-corrected chi connectivity index (χ0v) is 10.4. The van der Waals surface area contributed by atoms with Gasteiger partial charge >= 0.3 is 47.0 Å². The Bertz CT molecular complexity index is 51.8. The van der Waals surface area contributed by atoms with Gasteiger partial charge in [0.2, 0.25) is 0 Å². The second-order valence-electron chi connectivity index (χ2n) is 1.79. The summed E-state index contributed by atoms with van der Waals surface area (Å²) >= 11 is -0.397. The van der Waals surface area contributed by atoms with Crippen molar-refractivity contribution in [3.63, 3.8) is 0 Å². The molecule has 2 nitrogen and oxygen atoms in total. The number of hydrogen-bond donors (Lipinski definition) is 0. The van der Waals surface area contributed by atoms with Crippen molar-refractivity contribution in [2.24, 2.45) is 0 Å². The first kappa shape index (κ1) is 9.52. The van der Waals surface area contributed by atoms with E-state index in [0.717, 1.165) is 16.6 Å². The molecule has 0 fully saturated rings. The standard InChI is InChI=1S/C2H5.CH3.3Al.2O.3H/c1-2;;;;;;;;;/h1H2,2H3;1H3;;;;;;;;. The third-order valence-corrected chi connectivity index (χ3v) is 5.96. The third-order valence-electron chi connectivity index (χ3n) is 1.05. The van der Waals surface area contributed by atoms with Crippen LogP contribution in [0.3, 0.4) is 0 Å². The van der Waals surface area contributed by atoms with Crippen LogP contribution in [-0.2, 0) is 5.68 Å². The van der Waals surface area contributed by atoms with E-state index in [1.165, 1.54) is 5.28 Å². The highest BCUT2D eigenvalue weighted by Gasteiger charge is 2.08. The van der Waals surface area contributed by atoms with E-state index >= 15 is 0 Å². The molecular formula is C3H11Al3O2. The van der Waals surface area contributed by atoms with Crippen LogP contribution in [-0.4, -0.2) is 47.0 Å². The van der Waals surface area contributed by atoms with Gasteiger partial charge in [-0.15, -0.1) is 0 Å². The summed E-state index contributed by atoms with van der Waals surface area (Å²) in [7, 11) is 0. The lowest BCUT2D eigenvalue weighted by Crippen LogP contribution is -2.16. The van der Waals surface area contributed by atoms with Gasteiger partial charge in [-0.2, -0.15) is 0 Å². The van der Waals surface area contributed by atoms with Crippen LogP contribution in [0.2, 0.25) is 11.1 Å². The second kappa shape index (κ2) is 6.63. The Morgan fingerprint density at radius 2 is 2.38 bits per heavy atom.